The van der Waals surface area contributed by atoms with Gasteiger partial charge < -0.3 is 15.3 Å². The third kappa shape index (κ3) is 5.08. The number of carbonyl (C=O) groups excluding carboxylic acids is 2. The summed E-state index contributed by atoms with van der Waals surface area (Å²) in [5, 5.41) is 12.1. The minimum atomic E-state index is -1.03. The molecule has 2 amide bonds. The standard InChI is InChI=1S/C18H26N2O4/c1-5-18(6-2,17(23)24)12-15(21)19-14-9-7-13(8-10-14)11-16(22)20(3)4/h7-10H,5-6,11-12H2,1-4H3,(H,19,21)(H,23,24). The number of carboxylic acid groups (broad SMARTS) is 1. The first kappa shape index (κ1) is 19.7. The largest absolute Gasteiger partial charge is 0.481 e. The maximum atomic E-state index is 12.2. The quantitative estimate of drug-likeness (QED) is 0.765. The van der Waals surface area contributed by atoms with Crippen molar-refractivity contribution in [2.75, 3.05) is 19.4 Å². The molecule has 1 aromatic carbocycles. The molecule has 24 heavy (non-hydrogen) atoms. The highest BCUT2D eigenvalue weighted by molar-refractivity contribution is 5.94. The summed E-state index contributed by atoms with van der Waals surface area (Å²) in [6.45, 7) is 3.56. The smallest absolute Gasteiger partial charge is 0.310 e. The number of nitrogens with zero attached hydrogens (tertiary/aromatic N) is 1. The van der Waals surface area contributed by atoms with Crippen molar-refractivity contribution in [3.05, 3.63) is 29.8 Å². The average molecular weight is 334 g/mol. The molecule has 132 valence electrons. The molecule has 1 rings (SSSR count). The fourth-order valence-electron chi connectivity index (χ4n) is 2.43. The number of anilines is 1. The maximum absolute atomic E-state index is 12.2. The van der Waals surface area contributed by atoms with Crippen LogP contribution in [0.5, 0.6) is 0 Å². The Bertz CT molecular complexity index is 590. The molecular formula is C18H26N2O4. The van der Waals surface area contributed by atoms with Crippen LogP contribution in [0.1, 0.15) is 38.7 Å². The minimum absolute atomic E-state index is 0.00363. The Morgan fingerprint density at radius 2 is 1.62 bits per heavy atom. The Hall–Kier alpha value is -2.37. The van der Waals surface area contributed by atoms with E-state index in [-0.39, 0.29) is 18.2 Å². The van der Waals surface area contributed by atoms with Gasteiger partial charge in [0, 0.05) is 26.2 Å². The van der Waals surface area contributed by atoms with E-state index < -0.39 is 11.4 Å². The number of rotatable bonds is 8. The Kier molecular flexibility index (Phi) is 6.95. The first-order valence-corrected chi connectivity index (χ1v) is 8.06. The molecule has 0 aliphatic carbocycles. The van der Waals surface area contributed by atoms with Crippen molar-refractivity contribution in [3.8, 4) is 0 Å². The molecule has 0 bridgehead atoms. The summed E-state index contributed by atoms with van der Waals surface area (Å²) < 4.78 is 0. The van der Waals surface area contributed by atoms with Gasteiger partial charge in [-0.05, 0) is 30.5 Å². The van der Waals surface area contributed by atoms with Crippen molar-refractivity contribution < 1.29 is 19.5 Å². The number of aliphatic carboxylic acids is 1. The Balaban J connectivity index is 2.71. The van der Waals surface area contributed by atoms with Crippen LogP contribution in [0.3, 0.4) is 0 Å². The van der Waals surface area contributed by atoms with Crippen LogP contribution in [-0.2, 0) is 20.8 Å². The zero-order chi connectivity index (χ0) is 18.3. The van der Waals surface area contributed by atoms with E-state index in [1.165, 1.54) is 4.90 Å². The van der Waals surface area contributed by atoms with Crippen molar-refractivity contribution in [1.82, 2.24) is 4.90 Å². The Labute approximate surface area is 142 Å². The van der Waals surface area contributed by atoms with Crippen molar-refractivity contribution in [1.29, 1.82) is 0 Å². The van der Waals surface area contributed by atoms with Gasteiger partial charge in [0.25, 0.3) is 0 Å². The first-order chi connectivity index (χ1) is 11.2. The Morgan fingerprint density at radius 1 is 1.08 bits per heavy atom. The molecule has 6 nitrogen and oxygen atoms in total. The lowest BCUT2D eigenvalue weighted by Crippen LogP contribution is -2.34. The molecule has 0 aliphatic rings. The van der Waals surface area contributed by atoms with Crippen LogP contribution in [0.2, 0.25) is 0 Å². The number of benzene rings is 1. The third-order valence-corrected chi connectivity index (χ3v) is 4.40. The van der Waals surface area contributed by atoms with Crippen LogP contribution in [0.4, 0.5) is 5.69 Å². The highest BCUT2D eigenvalue weighted by Crippen LogP contribution is 2.31. The molecule has 0 aliphatic heterocycles. The van der Waals surface area contributed by atoms with Gasteiger partial charge in [-0.25, -0.2) is 0 Å². The average Bonchev–Trinajstić information content (AvgIpc) is 2.54. The van der Waals surface area contributed by atoms with E-state index in [0.717, 1.165) is 5.56 Å². The van der Waals surface area contributed by atoms with Gasteiger partial charge in [0.15, 0.2) is 0 Å². The van der Waals surface area contributed by atoms with E-state index in [1.54, 1.807) is 52.2 Å². The van der Waals surface area contributed by atoms with E-state index >= 15 is 0 Å². The van der Waals surface area contributed by atoms with E-state index in [0.29, 0.717) is 24.9 Å². The molecule has 0 heterocycles. The van der Waals surface area contributed by atoms with Crippen LogP contribution in [0.15, 0.2) is 24.3 Å². The lowest BCUT2D eigenvalue weighted by Gasteiger charge is -2.25. The SMILES string of the molecule is CCC(CC)(CC(=O)Nc1ccc(CC(=O)N(C)C)cc1)C(=O)O. The fourth-order valence-corrected chi connectivity index (χ4v) is 2.43. The molecule has 0 radical (unpaired) electrons. The molecule has 0 saturated heterocycles. The summed E-state index contributed by atoms with van der Waals surface area (Å²) in [6, 6.07) is 7.00. The molecule has 0 unspecified atom stereocenters. The summed E-state index contributed by atoms with van der Waals surface area (Å²) in [5.74, 6) is -1.26. The zero-order valence-electron chi connectivity index (χ0n) is 14.8. The van der Waals surface area contributed by atoms with Gasteiger partial charge >= 0.3 is 5.97 Å². The van der Waals surface area contributed by atoms with Gasteiger partial charge in [-0.3, -0.25) is 14.4 Å². The molecule has 6 heteroatoms. The first-order valence-electron chi connectivity index (χ1n) is 8.06. The predicted octanol–water partition coefficient (Wildman–Crippen LogP) is 2.54. The lowest BCUT2D eigenvalue weighted by atomic mass is 9.79. The van der Waals surface area contributed by atoms with Gasteiger partial charge in [-0.2, -0.15) is 0 Å². The normalized spacial score (nSPS) is 11.0. The van der Waals surface area contributed by atoms with E-state index in [4.69, 9.17) is 0 Å². The molecule has 2 N–H and O–H groups in total. The van der Waals surface area contributed by atoms with Crippen LogP contribution < -0.4 is 5.32 Å². The predicted molar refractivity (Wildman–Crippen MR) is 92.7 cm³/mol. The third-order valence-electron chi connectivity index (χ3n) is 4.40. The zero-order valence-corrected chi connectivity index (χ0v) is 14.8. The molecule has 1 aromatic rings. The van der Waals surface area contributed by atoms with Gasteiger partial charge in [0.05, 0.1) is 11.8 Å². The second kappa shape index (κ2) is 8.47. The molecular weight excluding hydrogens is 308 g/mol. The number of likely N-dealkylation sites (N-methyl/N-ethyl adjacent to an activating group) is 1. The van der Waals surface area contributed by atoms with Crippen molar-refractivity contribution in [2.45, 2.75) is 39.5 Å². The van der Waals surface area contributed by atoms with Crippen molar-refractivity contribution >= 4 is 23.5 Å². The number of carbonyl (C=O) groups is 3. The maximum Gasteiger partial charge on any atom is 0.310 e. The summed E-state index contributed by atoms with van der Waals surface area (Å²) in [7, 11) is 3.40. The van der Waals surface area contributed by atoms with Crippen molar-refractivity contribution in [2.24, 2.45) is 5.41 Å². The summed E-state index contributed by atoms with van der Waals surface area (Å²) in [5.41, 5.74) is 0.420. The van der Waals surface area contributed by atoms with E-state index in [9.17, 15) is 19.5 Å². The monoisotopic (exact) mass is 334 g/mol. The highest BCUT2D eigenvalue weighted by atomic mass is 16.4. The van der Waals surface area contributed by atoms with Crippen LogP contribution in [0, 0.1) is 5.41 Å². The second-order valence-corrected chi connectivity index (χ2v) is 6.18. The Morgan fingerprint density at radius 3 is 2.04 bits per heavy atom. The number of hydrogen-bond acceptors (Lipinski definition) is 3. The molecule has 0 spiro atoms. The van der Waals surface area contributed by atoms with Gasteiger partial charge in [-0.1, -0.05) is 26.0 Å². The van der Waals surface area contributed by atoms with Gasteiger partial charge in [0.2, 0.25) is 11.8 Å². The number of amides is 2. The summed E-state index contributed by atoms with van der Waals surface area (Å²) >= 11 is 0. The highest BCUT2D eigenvalue weighted by Gasteiger charge is 2.37. The fraction of sp³-hybridized carbons (Fsp3) is 0.500. The van der Waals surface area contributed by atoms with Gasteiger partial charge in [0.1, 0.15) is 0 Å². The summed E-state index contributed by atoms with van der Waals surface area (Å²) in [4.78, 5) is 36.8. The number of carboxylic acids is 1. The van der Waals surface area contributed by atoms with Crippen LogP contribution in [-0.4, -0.2) is 41.9 Å². The van der Waals surface area contributed by atoms with Gasteiger partial charge in [-0.15, -0.1) is 0 Å². The van der Waals surface area contributed by atoms with Crippen molar-refractivity contribution in [3.63, 3.8) is 0 Å². The minimum Gasteiger partial charge on any atom is -0.481 e. The van der Waals surface area contributed by atoms with E-state index in [2.05, 4.69) is 5.32 Å². The van der Waals surface area contributed by atoms with Crippen LogP contribution >= 0.6 is 0 Å². The molecule has 0 fully saturated rings. The lowest BCUT2D eigenvalue weighted by molar-refractivity contribution is -0.151. The molecule has 0 aromatic heterocycles. The number of nitrogens with one attached hydrogen (secondary N) is 1. The molecule has 0 atom stereocenters. The number of hydrogen-bond donors (Lipinski definition) is 2. The van der Waals surface area contributed by atoms with Crippen LogP contribution in [0.25, 0.3) is 0 Å². The second-order valence-electron chi connectivity index (χ2n) is 6.18. The topological polar surface area (TPSA) is 86.7 Å². The van der Waals surface area contributed by atoms with E-state index in [1.807, 2.05) is 0 Å². The molecule has 0 saturated carbocycles. The summed E-state index contributed by atoms with van der Waals surface area (Å²) in [6.07, 6.45) is 1.04.